The minimum Gasteiger partial charge on any atom is -0.501 e. The highest BCUT2D eigenvalue weighted by molar-refractivity contribution is 9.10. The van der Waals surface area contributed by atoms with Crippen molar-refractivity contribution >= 4 is 50.4 Å². The zero-order chi connectivity index (χ0) is 27.4. The summed E-state index contributed by atoms with van der Waals surface area (Å²) in [5.74, 6) is -0.504. The Labute approximate surface area is 231 Å². The Kier molecular flexibility index (Phi) is 6.00. The first-order chi connectivity index (χ1) is 18.7. The van der Waals surface area contributed by atoms with Crippen LogP contribution < -0.4 is 14.9 Å². The van der Waals surface area contributed by atoms with Gasteiger partial charge in [0.15, 0.2) is 4.80 Å². The van der Waals surface area contributed by atoms with Crippen LogP contribution in [-0.2, 0) is 6.42 Å². The lowest BCUT2D eigenvalue weighted by Crippen LogP contribution is -2.38. The molecule has 0 saturated heterocycles. The molecular weight excluding hydrogens is 588 g/mol. The van der Waals surface area contributed by atoms with Gasteiger partial charge in [-0.05, 0) is 63.2 Å². The van der Waals surface area contributed by atoms with E-state index >= 15 is 0 Å². The van der Waals surface area contributed by atoms with E-state index in [-0.39, 0.29) is 20.3 Å². The van der Waals surface area contributed by atoms with E-state index in [2.05, 4.69) is 15.9 Å². The number of benzene rings is 3. The molecule has 2 heterocycles. The number of nitrogens with zero attached hydrogens (tertiary/aromatic N) is 4. The number of phenols is 1. The van der Waals surface area contributed by atoms with E-state index in [0.717, 1.165) is 40.2 Å². The third-order valence-corrected chi connectivity index (χ3v) is 8.42. The number of thiazole rings is 1. The molecule has 1 atom stereocenters. The second kappa shape index (κ2) is 9.40. The van der Waals surface area contributed by atoms with Crippen LogP contribution in [0.15, 0.2) is 80.5 Å². The molecule has 12 heteroatoms. The molecule has 1 aromatic heterocycles. The van der Waals surface area contributed by atoms with Gasteiger partial charge in [-0.3, -0.25) is 29.6 Å². The van der Waals surface area contributed by atoms with E-state index in [1.807, 2.05) is 24.3 Å². The maximum atomic E-state index is 13.8. The molecule has 0 radical (unpaired) electrons. The van der Waals surface area contributed by atoms with E-state index in [1.54, 1.807) is 16.7 Å². The van der Waals surface area contributed by atoms with Crippen molar-refractivity contribution < 1.29 is 15.0 Å². The van der Waals surface area contributed by atoms with Gasteiger partial charge in [0, 0.05) is 23.8 Å². The number of hydrogen-bond donors (Lipinski definition) is 1. The highest BCUT2D eigenvalue weighted by atomic mass is 79.9. The standard InChI is InChI=1S/C27H17BrN4O6S/c28-20-10-14(11-21(25(20)33)32(37)38)12-22-26(34)30-24(16-5-3-6-17(13-16)31(35)36)19-9-8-15-4-1-2-7-18(15)23(19)29-27(30)39-22/h1-7,10-13,24,33H,8-9H2/b22-12-/t24-/m1/s1. The van der Waals surface area contributed by atoms with Crippen molar-refractivity contribution in [3.05, 3.63) is 133 Å². The van der Waals surface area contributed by atoms with Crippen LogP contribution in [0.5, 0.6) is 5.75 Å². The Morgan fingerprint density at radius 2 is 1.85 bits per heavy atom. The minimum atomic E-state index is -0.702. The maximum Gasteiger partial charge on any atom is 0.312 e. The SMILES string of the molecule is O=c1/c(=C/c2cc(Br)c(O)c([N+](=O)[O-])c2)sc2n1[C@H](c1cccc([N+](=O)[O-])c1)C1=C(N=2)c2ccccc2CC1. The lowest BCUT2D eigenvalue weighted by Gasteiger charge is -2.30. The topological polar surface area (TPSA) is 141 Å². The molecule has 194 valence electrons. The van der Waals surface area contributed by atoms with Gasteiger partial charge < -0.3 is 5.11 Å². The number of rotatable bonds is 4. The number of aryl methyl sites for hydroxylation is 1. The van der Waals surface area contributed by atoms with Gasteiger partial charge in [0.2, 0.25) is 5.75 Å². The van der Waals surface area contributed by atoms with E-state index in [4.69, 9.17) is 4.99 Å². The van der Waals surface area contributed by atoms with Gasteiger partial charge in [-0.2, -0.15) is 0 Å². The van der Waals surface area contributed by atoms with E-state index in [1.165, 1.54) is 30.3 Å². The second-order valence-electron chi connectivity index (χ2n) is 9.09. The largest absolute Gasteiger partial charge is 0.501 e. The molecule has 1 N–H and O–H groups in total. The van der Waals surface area contributed by atoms with E-state index < -0.39 is 27.3 Å². The molecule has 4 aromatic rings. The molecule has 0 unspecified atom stereocenters. The fourth-order valence-electron chi connectivity index (χ4n) is 5.11. The summed E-state index contributed by atoms with van der Waals surface area (Å²) in [7, 11) is 0. The molecule has 2 aliphatic rings. The number of aromatic hydroxyl groups is 1. The summed E-state index contributed by atoms with van der Waals surface area (Å²) in [5, 5.41) is 33.0. The van der Waals surface area contributed by atoms with Gasteiger partial charge in [-0.1, -0.05) is 47.7 Å². The van der Waals surface area contributed by atoms with Crippen molar-refractivity contribution in [1.82, 2.24) is 4.57 Å². The molecule has 0 bridgehead atoms. The van der Waals surface area contributed by atoms with Crippen LogP contribution in [0.25, 0.3) is 11.8 Å². The Morgan fingerprint density at radius 3 is 2.62 bits per heavy atom. The first kappa shape index (κ1) is 24.9. The molecule has 0 amide bonds. The molecule has 39 heavy (non-hydrogen) atoms. The molecule has 1 aliphatic carbocycles. The molecular formula is C27H17BrN4O6S. The highest BCUT2D eigenvalue weighted by Crippen LogP contribution is 2.41. The average molecular weight is 605 g/mol. The summed E-state index contributed by atoms with van der Waals surface area (Å²) in [5.41, 5.74) is 3.76. The summed E-state index contributed by atoms with van der Waals surface area (Å²) >= 11 is 4.27. The molecule has 10 nitrogen and oxygen atoms in total. The molecule has 0 spiro atoms. The van der Waals surface area contributed by atoms with Crippen LogP contribution in [0.1, 0.15) is 34.7 Å². The number of phenolic OH excluding ortho intramolecular Hbond substituents is 1. The van der Waals surface area contributed by atoms with Crippen molar-refractivity contribution in [3.63, 3.8) is 0 Å². The van der Waals surface area contributed by atoms with Gasteiger partial charge >= 0.3 is 5.69 Å². The van der Waals surface area contributed by atoms with Gasteiger partial charge in [0.1, 0.15) is 0 Å². The predicted octanol–water partition coefficient (Wildman–Crippen LogP) is 4.60. The number of hydrogen-bond acceptors (Lipinski definition) is 8. The van der Waals surface area contributed by atoms with Crippen molar-refractivity contribution in [2.45, 2.75) is 18.9 Å². The Morgan fingerprint density at radius 1 is 1.05 bits per heavy atom. The highest BCUT2D eigenvalue weighted by Gasteiger charge is 2.33. The monoisotopic (exact) mass is 604 g/mol. The third kappa shape index (κ3) is 4.17. The minimum absolute atomic E-state index is 0.0776. The first-order valence-corrected chi connectivity index (χ1v) is 13.4. The van der Waals surface area contributed by atoms with E-state index in [0.29, 0.717) is 22.3 Å². The van der Waals surface area contributed by atoms with Gasteiger partial charge in [-0.25, -0.2) is 4.99 Å². The van der Waals surface area contributed by atoms with Crippen LogP contribution >= 0.6 is 27.3 Å². The lowest BCUT2D eigenvalue weighted by molar-refractivity contribution is -0.386. The second-order valence-corrected chi connectivity index (χ2v) is 11.0. The van der Waals surface area contributed by atoms with Crippen LogP contribution in [0.4, 0.5) is 11.4 Å². The van der Waals surface area contributed by atoms with Gasteiger partial charge in [0.25, 0.3) is 11.2 Å². The predicted molar refractivity (Wildman–Crippen MR) is 148 cm³/mol. The summed E-state index contributed by atoms with van der Waals surface area (Å²) < 4.78 is 1.95. The quantitative estimate of drug-likeness (QED) is 0.266. The van der Waals surface area contributed by atoms with Crippen molar-refractivity contribution in [3.8, 4) is 5.75 Å². The average Bonchev–Trinajstić information content (AvgIpc) is 3.23. The van der Waals surface area contributed by atoms with Crippen LogP contribution in [0.3, 0.4) is 0 Å². The summed E-state index contributed by atoms with van der Waals surface area (Å²) in [6.45, 7) is 0. The molecule has 0 saturated carbocycles. The molecule has 6 rings (SSSR count). The van der Waals surface area contributed by atoms with E-state index in [9.17, 15) is 30.1 Å². The van der Waals surface area contributed by atoms with Gasteiger partial charge in [0.05, 0.1) is 30.6 Å². The zero-order valence-corrected chi connectivity index (χ0v) is 22.3. The third-order valence-electron chi connectivity index (χ3n) is 6.83. The fraction of sp³-hybridized carbons (Fsp3) is 0.111. The van der Waals surface area contributed by atoms with Crippen LogP contribution in [0.2, 0.25) is 0 Å². The molecule has 0 fully saturated rings. The van der Waals surface area contributed by atoms with Crippen molar-refractivity contribution in [2.24, 2.45) is 4.99 Å². The molecule has 3 aromatic carbocycles. The molecule has 1 aliphatic heterocycles. The van der Waals surface area contributed by atoms with Gasteiger partial charge in [-0.15, -0.1) is 0 Å². The zero-order valence-electron chi connectivity index (χ0n) is 19.9. The van der Waals surface area contributed by atoms with Crippen LogP contribution in [0, 0.1) is 20.2 Å². The smallest absolute Gasteiger partial charge is 0.312 e. The summed E-state index contributed by atoms with van der Waals surface area (Å²) in [6, 6.07) is 16.3. The summed E-state index contributed by atoms with van der Waals surface area (Å²) in [6.07, 6.45) is 2.89. The summed E-state index contributed by atoms with van der Waals surface area (Å²) in [4.78, 5) is 41.0. The number of fused-ring (bicyclic) bond motifs is 3. The maximum absolute atomic E-state index is 13.8. The first-order valence-electron chi connectivity index (χ1n) is 11.8. The Hall–Kier alpha value is -4.42. The normalized spacial score (nSPS) is 16.2. The number of nitro groups is 2. The number of allylic oxidation sites excluding steroid dienone is 1. The Balaban J connectivity index is 1.62. The number of non-ortho nitro benzene ring substituents is 1. The number of nitro benzene ring substituents is 2. The van der Waals surface area contributed by atoms with Crippen LogP contribution in [-0.4, -0.2) is 19.5 Å². The fourth-order valence-corrected chi connectivity index (χ4v) is 6.58. The number of halogens is 1. The van der Waals surface area contributed by atoms with Crippen molar-refractivity contribution in [2.75, 3.05) is 0 Å². The Bertz CT molecular complexity index is 1940. The lowest BCUT2D eigenvalue weighted by atomic mass is 9.83. The number of aromatic nitrogens is 1. The van der Waals surface area contributed by atoms with Crippen molar-refractivity contribution in [1.29, 1.82) is 0 Å².